The Balaban J connectivity index is 1.35. The molecule has 34 heavy (non-hydrogen) atoms. The number of aliphatic hydroxyl groups is 2. The van der Waals surface area contributed by atoms with Crippen LogP contribution in [0, 0.1) is 44.8 Å². The van der Waals surface area contributed by atoms with E-state index < -0.39 is 11.2 Å². The molecular formula is C30H48O4. The van der Waals surface area contributed by atoms with Crippen molar-refractivity contribution in [3.63, 3.8) is 0 Å². The molecule has 192 valence electrons. The Morgan fingerprint density at radius 2 is 1.53 bits per heavy atom. The Morgan fingerprint density at radius 3 is 2.18 bits per heavy atom. The molecule has 6 rings (SSSR count). The Morgan fingerprint density at radius 1 is 0.882 bits per heavy atom. The molecule has 0 aromatic heterocycles. The van der Waals surface area contributed by atoms with E-state index >= 15 is 0 Å². The summed E-state index contributed by atoms with van der Waals surface area (Å²) in [5, 5.41) is 22.4. The first kappa shape index (κ1) is 23.9. The van der Waals surface area contributed by atoms with E-state index in [-0.39, 0.29) is 34.4 Å². The smallest absolute Gasteiger partial charge is 0.138 e. The molecule has 6 fully saturated rings. The number of aliphatic hydroxyl groups excluding tert-OH is 1. The van der Waals surface area contributed by atoms with Gasteiger partial charge in [-0.25, -0.2) is 0 Å². The van der Waals surface area contributed by atoms with E-state index in [0.717, 1.165) is 38.5 Å². The Labute approximate surface area is 206 Å². The molecule has 6 aliphatic rings. The van der Waals surface area contributed by atoms with Crippen molar-refractivity contribution in [2.75, 3.05) is 0 Å². The van der Waals surface area contributed by atoms with E-state index in [1.165, 1.54) is 25.7 Å². The molecule has 4 heteroatoms. The number of ketones is 1. The third kappa shape index (κ3) is 2.55. The zero-order valence-corrected chi connectivity index (χ0v) is 22.7. The van der Waals surface area contributed by atoms with Gasteiger partial charge in [0.1, 0.15) is 5.78 Å². The van der Waals surface area contributed by atoms with Crippen LogP contribution in [0.2, 0.25) is 0 Å². The molecule has 2 N–H and O–H groups in total. The average molecular weight is 473 g/mol. The van der Waals surface area contributed by atoms with E-state index in [0.29, 0.717) is 28.4 Å². The summed E-state index contributed by atoms with van der Waals surface area (Å²) in [5.74, 6) is 1.76. The molecule has 1 aliphatic heterocycles. The van der Waals surface area contributed by atoms with Crippen LogP contribution in [0.1, 0.15) is 113 Å². The molecule has 0 amide bonds. The molecule has 0 aromatic carbocycles. The second kappa shape index (κ2) is 6.51. The molecule has 10 atom stereocenters. The van der Waals surface area contributed by atoms with Crippen molar-refractivity contribution in [2.24, 2.45) is 44.8 Å². The van der Waals surface area contributed by atoms with Crippen LogP contribution in [0.5, 0.6) is 0 Å². The number of rotatable bonds is 2. The summed E-state index contributed by atoms with van der Waals surface area (Å²) in [5.41, 5.74) is -0.560. The summed E-state index contributed by atoms with van der Waals surface area (Å²) in [6.07, 6.45) is 10.1. The highest BCUT2D eigenvalue weighted by Crippen LogP contribution is 2.89. The highest BCUT2D eigenvalue weighted by molar-refractivity contribution is 5.86. The van der Waals surface area contributed by atoms with Crippen LogP contribution in [0.4, 0.5) is 0 Å². The van der Waals surface area contributed by atoms with Crippen LogP contribution >= 0.6 is 0 Å². The normalized spacial score (nSPS) is 58.0. The van der Waals surface area contributed by atoms with Crippen molar-refractivity contribution in [1.29, 1.82) is 0 Å². The third-order valence-corrected chi connectivity index (χ3v) is 13.6. The van der Waals surface area contributed by atoms with Gasteiger partial charge in [-0.1, -0.05) is 27.7 Å². The van der Waals surface area contributed by atoms with Gasteiger partial charge in [0.25, 0.3) is 0 Å². The molecule has 0 radical (unpaired) electrons. The van der Waals surface area contributed by atoms with Crippen molar-refractivity contribution >= 4 is 5.78 Å². The van der Waals surface area contributed by atoms with Crippen molar-refractivity contribution < 1.29 is 19.7 Å². The van der Waals surface area contributed by atoms with Gasteiger partial charge in [-0.15, -0.1) is 0 Å². The maximum absolute atomic E-state index is 12.9. The first-order chi connectivity index (χ1) is 15.6. The van der Waals surface area contributed by atoms with Gasteiger partial charge >= 0.3 is 0 Å². The average Bonchev–Trinajstić information content (AvgIpc) is 3.11. The SMILES string of the molecule is CC(C)(O)C1CC[C@@](C)([C@H]2C(O)C[C@@]3(C)[C@@H]4CC[C@H]5C(C)(C)C(=O)CC[C@@]56C[C@@]46CC[C@]23C)O1. The van der Waals surface area contributed by atoms with Gasteiger partial charge in [-0.05, 0) is 112 Å². The number of hydrogen-bond acceptors (Lipinski definition) is 4. The summed E-state index contributed by atoms with van der Waals surface area (Å²) in [6.45, 7) is 15.4. The van der Waals surface area contributed by atoms with E-state index in [9.17, 15) is 15.0 Å². The van der Waals surface area contributed by atoms with Gasteiger partial charge in [0.2, 0.25) is 0 Å². The summed E-state index contributed by atoms with van der Waals surface area (Å²) in [6, 6.07) is 0. The zero-order chi connectivity index (χ0) is 24.7. The van der Waals surface area contributed by atoms with Gasteiger partial charge < -0.3 is 14.9 Å². The first-order valence-electron chi connectivity index (χ1n) is 14.2. The largest absolute Gasteiger partial charge is 0.393 e. The lowest BCUT2D eigenvalue weighted by Crippen LogP contribution is -2.59. The highest BCUT2D eigenvalue weighted by atomic mass is 16.5. The first-order valence-corrected chi connectivity index (χ1v) is 14.2. The Hall–Kier alpha value is -0.450. The second-order valence-corrected chi connectivity index (χ2v) is 15.5. The molecule has 0 bridgehead atoms. The molecular weight excluding hydrogens is 424 g/mol. The van der Waals surface area contributed by atoms with E-state index in [2.05, 4.69) is 34.6 Å². The maximum Gasteiger partial charge on any atom is 0.138 e. The van der Waals surface area contributed by atoms with Crippen LogP contribution in [0.25, 0.3) is 0 Å². The molecule has 1 saturated heterocycles. The van der Waals surface area contributed by atoms with Gasteiger partial charge in [0.05, 0.1) is 23.4 Å². The molecule has 1 heterocycles. The molecule has 0 aromatic rings. The molecule has 2 spiro atoms. The maximum atomic E-state index is 12.9. The fourth-order valence-electron chi connectivity index (χ4n) is 11.9. The topological polar surface area (TPSA) is 66.8 Å². The van der Waals surface area contributed by atoms with E-state index in [1.807, 2.05) is 13.8 Å². The molecule has 4 nitrogen and oxygen atoms in total. The summed E-state index contributed by atoms with van der Waals surface area (Å²) < 4.78 is 6.67. The third-order valence-electron chi connectivity index (χ3n) is 13.6. The standard InChI is InChI=1S/C30H48O4/c1-24(2)19-8-9-20-27(6)16-18(31)23(28(7)12-11-22(34-28)25(3,4)33)26(27,5)14-15-30(20)17-29(19,30)13-10-21(24)32/h18-20,22-23,31,33H,8-17H2,1-7H3/t18?,19-,20-,22?,23-,26+,27-,28-,29+,30-/m0/s1. The number of ether oxygens (including phenoxy) is 1. The van der Waals surface area contributed by atoms with Gasteiger partial charge in [-0.2, -0.15) is 0 Å². The van der Waals surface area contributed by atoms with Crippen molar-refractivity contribution in [2.45, 2.75) is 136 Å². The minimum atomic E-state index is -0.855. The number of carbonyl (C=O) groups is 1. The molecule has 5 saturated carbocycles. The van der Waals surface area contributed by atoms with Crippen LogP contribution in [-0.4, -0.2) is 39.4 Å². The predicted octanol–water partition coefficient (Wildman–Crippen LogP) is 5.67. The number of fused-ring (bicyclic) bond motifs is 2. The Kier molecular flexibility index (Phi) is 4.58. The lowest BCUT2D eigenvalue weighted by molar-refractivity contribution is -0.192. The van der Waals surface area contributed by atoms with Crippen molar-refractivity contribution in [1.82, 2.24) is 0 Å². The monoisotopic (exact) mass is 472 g/mol. The fraction of sp³-hybridized carbons (Fsp3) is 0.967. The molecule has 2 unspecified atom stereocenters. The summed E-state index contributed by atoms with van der Waals surface area (Å²) in [7, 11) is 0. The van der Waals surface area contributed by atoms with Crippen LogP contribution in [0.3, 0.4) is 0 Å². The van der Waals surface area contributed by atoms with E-state index in [1.54, 1.807) is 0 Å². The lowest BCUT2D eigenvalue weighted by atomic mass is 9.41. The summed E-state index contributed by atoms with van der Waals surface area (Å²) in [4.78, 5) is 12.9. The van der Waals surface area contributed by atoms with Gasteiger partial charge in [-0.3, -0.25) is 4.79 Å². The number of hydrogen-bond donors (Lipinski definition) is 2. The van der Waals surface area contributed by atoms with Crippen LogP contribution in [0.15, 0.2) is 0 Å². The molecule has 5 aliphatic carbocycles. The van der Waals surface area contributed by atoms with Crippen LogP contribution < -0.4 is 0 Å². The summed E-state index contributed by atoms with van der Waals surface area (Å²) >= 11 is 0. The second-order valence-electron chi connectivity index (χ2n) is 15.5. The zero-order valence-electron chi connectivity index (χ0n) is 22.7. The number of carbonyl (C=O) groups excluding carboxylic acids is 1. The van der Waals surface area contributed by atoms with Gasteiger partial charge in [0.15, 0.2) is 0 Å². The highest BCUT2D eigenvalue weighted by Gasteiger charge is 2.83. The number of Topliss-reactive ketones (excluding diaryl/α,β-unsaturated/α-hetero) is 1. The lowest BCUT2D eigenvalue weighted by Gasteiger charge is -2.63. The quantitative estimate of drug-likeness (QED) is 0.543. The fourth-order valence-corrected chi connectivity index (χ4v) is 11.9. The minimum Gasteiger partial charge on any atom is -0.393 e. The Bertz CT molecular complexity index is 919. The van der Waals surface area contributed by atoms with E-state index in [4.69, 9.17) is 4.74 Å². The van der Waals surface area contributed by atoms with Crippen LogP contribution in [-0.2, 0) is 9.53 Å². The minimum absolute atomic E-state index is 0.0300. The predicted molar refractivity (Wildman–Crippen MR) is 132 cm³/mol. The van der Waals surface area contributed by atoms with Gasteiger partial charge in [0, 0.05) is 17.8 Å². The van der Waals surface area contributed by atoms with Crippen molar-refractivity contribution in [3.05, 3.63) is 0 Å². The van der Waals surface area contributed by atoms with Crippen molar-refractivity contribution in [3.8, 4) is 0 Å².